The van der Waals surface area contributed by atoms with Gasteiger partial charge < -0.3 is 24.8 Å². The summed E-state index contributed by atoms with van der Waals surface area (Å²) in [5, 5.41) is 5.09. The second-order valence-corrected chi connectivity index (χ2v) is 3.85. The van der Waals surface area contributed by atoms with Crippen LogP contribution in [-0.4, -0.2) is 51.2 Å². The monoisotopic (exact) mass is 258 g/mol. The van der Waals surface area contributed by atoms with Crippen LogP contribution in [0.5, 0.6) is 0 Å². The summed E-state index contributed by atoms with van der Waals surface area (Å²) < 4.78 is 15.0. The third kappa shape index (κ3) is 5.65. The van der Waals surface area contributed by atoms with Crippen molar-refractivity contribution < 1.29 is 23.8 Å². The van der Waals surface area contributed by atoms with Gasteiger partial charge in [-0.3, -0.25) is 4.79 Å². The number of amides is 2. The van der Waals surface area contributed by atoms with Gasteiger partial charge in [0.2, 0.25) is 5.91 Å². The lowest BCUT2D eigenvalue weighted by Gasteiger charge is -2.22. The van der Waals surface area contributed by atoms with Crippen molar-refractivity contribution in [3.8, 4) is 0 Å². The molecule has 7 heteroatoms. The Kier molecular flexibility index (Phi) is 6.16. The van der Waals surface area contributed by atoms with E-state index < -0.39 is 6.09 Å². The van der Waals surface area contributed by atoms with Crippen molar-refractivity contribution in [1.29, 1.82) is 0 Å². The average Bonchev–Trinajstić information content (AvgIpc) is 2.35. The number of carbonyl (C=O) groups is 2. The molecule has 0 aromatic heterocycles. The van der Waals surface area contributed by atoms with E-state index in [4.69, 9.17) is 14.2 Å². The summed E-state index contributed by atoms with van der Waals surface area (Å²) in [6.45, 7) is 6.60. The first-order valence-electron chi connectivity index (χ1n) is 5.63. The highest BCUT2D eigenvalue weighted by molar-refractivity contribution is 5.92. The van der Waals surface area contributed by atoms with Gasteiger partial charge in [0.15, 0.2) is 6.10 Å². The van der Waals surface area contributed by atoms with Gasteiger partial charge >= 0.3 is 6.09 Å². The summed E-state index contributed by atoms with van der Waals surface area (Å²) in [5.74, 6) is -0.237. The summed E-state index contributed by atoms with van der Waals surface area (Å²) in [4.78, 5) is 22.4. The van der Waals surface area contributed by atoms with E-state index >= 15 is 0 Å². The van der Waals surface area contributed by atoms with Gasteiger partial charge in [-0.15, -0.1) is 0 Å². The largest absolute Gasteiger partial charge is 0.441 e. The number of ether oxygens (including phenoxy) is 3. The van der Waals surface area contributed by atoms with Crippen LogP contribution in [0.4, 0.5) is 4.79 Å². The molecule has 1 aliphatic rings. The van der Waals surface area contributed by atoms with Gasteiger partial charge in [0, 0.05) is 18.7 Å². The molecule has 2 N–H and O–H groups in total. The molecule has 0 spiro atoms. The molecule has 0 aromatic rings. The van der Waals surface area contributed by atoms with Crippen molar-refractivity contribution in [2.24, 2.45) is 0 Å². The Morgan fingerprint density at radius 1 is 1.28 bits per heavy atom. The van der Waals surface area contributed by atoms with Gasteiger partial charge in [0.1, 0.15) is 6.79 Å². The Labute approximate surface area is 105 Å². The van der Waals surface area contributed by atoms with Crippen molar-refractivity contribution in [2.75, 3.05) is 33.1 Å². The lowest BCUT2D eigenvalue weighted by Crippen LogP contribution is -2.40. The molecule has 0 aromatic carbocycles. The quantitative estimate of drug-likeness (QED) is 0.526. The fourth-order valence-corrected chi connectivity index (χ4v) is 1.22. The summed E-state index contributed by atoms with van der Waals surface area (Å²) in [6.07, 6.45) is -0.942. The van der Waals surface area contributed by atoms with Gasteiger partial charge in [-0.05, 0) is 6.92 Å². The fraction of sp³-hybridized carbons (Fsp3) is 0.636. The van der Waals surface area contributed by atoms with Crippen LogP contribution in [0.2, 0.25) is 0 Å². The Balaban J connectivity index is 2.06. The highest BCUT2D eigenvalue weighted by Gasteiger charge is 2.18. The second-order valence-electron chi connectivity index (χ2n) is 3.85. The molecule has 1 saturated heterocycles. The fourth-order valence-electron chi connectivity index (χ4n) is 1.22. The Morgan fingerprint density at radius 3 is 2.50 bits per heavy atom. The van der Waals surface area contributed by atoms with Crippen LogP contribution in [0.15, 0.2) is 12.2 Å². The molecule has 7 nitrogen and oxygen atoms in total. The van der Waals surface area contributed by atoms with Crippen molar-refractivity contribution >= 4 is 12.0 Å². The molecule has 102 valence electrons. The molecule has 1 heterocycles. The van der Waals surface area contributed by atoms with E-state index in [0.29, 0.717) is 25.3 Å². The van der Waals surface area contributed by atoms with Crippen LogP contribution in [0.25, 0.3) is 0 Å². The maximum absolute atomic E-state index is 11.3. The summed E-state index contributed by atoms with van der Waals surface area (Å²) in [6, 6.07) is 0. The molecule has 0 bridgehead atoms. The van der Waals surface area contributed by atoms with Crippen LogP contribution in [0.3, 0.4) is 0 Å². The predicted molar refractivity (Wildman–Crippen MR) is 62.9 cm³/mol. The smallest absolute Gasteiger partial charge is 0.407 e. The van der Waals surface area contributed by atoms with E-state index in [1.165, 1.54) is 0 Å². The zero-order chi connectivity index (χ0) is 13.4. The molecule has 0 aliphatic carbocycles. The topological polar surface area (TPSA) is 85.9 Å². The Hall–Kier alpha value is -1.60. The number of alkyl carbamates (subject to hydrolysis) is 1. The third-order valence-electron chi connectivity index (χ3n) is 2.12. The minimum atomic E-state index is -0.557. The van der Waals surface area contributed by atoms with Gasteiger partial charge in [-0.2, -0.15) is 0 Å². The third-order valence-corrected chi connectivity index (χ3v) is 2.12. The lowest BCUT2D eigenvalue weighted by atomic mass is 10.3. The average molecular weight is 258 g/mol. The number of hydrogen-bond donors (Lipinski definition) is 2. The van der Waals surface area contributed by atoms with Crippen molar-refractivity contribution in [3.05, 3.63) is 12.2 Å². The van der Waals surface area contributed by atoms with E-state index in [1.807, 2.05) is 0 Å². The van der Waals surface area contributed by atoms with E-state index in [9.17, 15) is 9.59 Å². The molecule has 0 radical (unpaired) electrons. The maximum atomic E-state index is 11.3. The van der Waals surface area contributed by atoms with Crippen LogP contribution in [-0.2, 0) is 19.0 Å². The molecule has 2 amide bonds. The van der Waals surface area contributed by atoms with Gasteiger partial charge in [-0.25, -0.2) is 4.79 Å². The number of hydrogen-bond acceptors (Lipinski definition) is 5. The van der Waals surface area contributed by atoms with Crippen LogP contribution in [0, 0.1) is 0 Å². The summed E-state index contributed by atoms with van der Waals surface area (Å²) in [7, 11) is 0. The van der Waals surface area contributed by atoms with Gasteiger partial charge in [0.25, 0.3) is 0 Å². The van der Waals surface area contributed by atoms with Crippen molar-refractivity contribution in [2.45, 2.75) is 13.0 Å². The highest BCUT2D eigenvalue weighted by Crippen LogP contribution is 2.01. The zero-order valence-electron chi connectivity index (χ0n) is 10.4. The van der Waals surface area contributed by atoms with E-state index in [2.05, 4.69) is 17.2 Å². The van der Waals surface area contributed by atoms with Crippen LogP contribution < -0.4 is 10.6 Å². The normalized spacial score (nSPS) is 15.8. The first-order valence-corrected chi connectivity index (χ1v) is 5.63. The van der Waals surface area contributed by atoms with E-state index in [-0.39, 0.29) is 25.3 Å². The molecule has 0 unspecified atom stereocenters. The SMILES string of the molecule is C=C(C)C(=O)NCCNC(=O)OC1COCOC1. The first-order chi connectivity index (χ1) is 8.59. The van der Waals surface area contributed by atoms with Crippen molar-refractivity contribution in [1.82, 2.24) is 10.6 Å². The van der Waals surface area contributed by atoms with Gasteiger partial charge in [-0.1, -0.05) is 6.58 Å². The minimum absolute atomic E-state index is 0.231. The zero-order valence-corrected chi connectivity index (χ0v) is 10.4. The summed E-state index contributed by atoms with van der Waals surface area (Å²) in [5.41, 5.74) is 0.425. The Morgan fingerprint density at radius 2 is 1.89 bits per heavy atom. The molecule has 1 fully saturated rings. The highest BCUT2D eigenvalue weighted by atomic mass is 16.7. The standard InChI is InChI=1S/C11H18N2O5/c1-8(2)10(14)12-3-4-13-11(15)18-9-5-16-7-17-6-9/h9H,1,3-7H2,2H3,(H,12,14)(H,13,15). The van der Waals surface area contributed by atoms with E-state index in [1.54, 1.807) is 6.92 Å². The predicted octanol–water partition coefficient (Wildman–Crippen LogP) is -0.222. The molecule has 0 saturated carbocycles. The van der Waals surface area contributed by atoms with E-state index in [0.717, 1.165) is 0 Å². The molecule has 1 rings (SSSR count). The molecular weight excluding hydrogens is 240 g/mol. The molecule has 0 atom stereocenters. The molecule has 1 aliphatic heterocycles. The van der Waals surface area contributed by atoms with Crippen molar-refractivity contribution in [3.63, 3.8) is 0 Å². The summed E-state index contributed by atoms with van der Waals surface area (Å²) >= 11 is 0. The second kappa shape index (κ2) is 7.67. The number of carbonyl (C=O) groups excluding carboxylic acids is 2. The Bertz CT molecular complexity index is 313. The van der Waals surface area contributed by atoms with Crippen LogP contribution in [0.1, 0.15) is 6.92 Å². The lowest BCUT2D eigenvalue weighted by molar-refractivity contribution is -0.151. The molecular formula is C11H18N2O5. The maximum Gasteiger partial charge on any atom is 0.407 e. The first kappa shape index (κ1) is 14.5. The minimum Gasteiger partial charge on any atom is -0.441 e. The number of nitrogens with one attached hydrogen (secondary N) is 2. The van der Waals surface area contributed by atoms with Gasteiger partial charge in [0.05, 0.1) is 13.2 Å². The number of rotatable bonds is 5. The van der Waals surface area contributed by atoms with Crippen LogP contribution >= 0.6 is 0 Å². The molecule has 18 heavy (non-hydrogen) atoms.